The number of carboxylic acids is 1. The van der Waals surface area contributed by atoms with Gasteiger partial charge in [-0.1, -0.05) is 0 Å². The molecule has 2 rings (SSSR count). The summed E-state index contributed by atoms with van der Waals surface area (Å²) in [5.41, 5.74) is 0.391. The van der Waals surface area contributed by atoms with Gasteiger partial charge in [-0.15, -0.1) is 0 Å². The molecule has 2 aromatic rings. The van der Waals surface area contributed by atoms with Crippen LogP contribution in [0.15, 0.2) is 12.5 Å². The molecule has 7 heteroatoms. The van der Waals surface area contributed by atoms with Crippen molar-refractivity contribution in [3.63, 3.8) is 0 Å². The molecule has 0 amide bonds. The molecule has 0 radical (unpaired) electrons. The first-order valence-corrected chi connectivity index (χ1v) is 3.41. The van der Waals surface area contributed by atoms with Crippen molar-refractivity contribution in [3.8, 4) is 11.5 Å². The van der Waals surface area contributed by atoms with Gasteiger partial charge in [-0.25, -0.2) is 9.78 Å². The Balaban J connectivity index is 2.52. The van der Waals surface area contributed by atoms with E-state index in [2.05, 4.69) is 25.4 Å². The molecule has 0 spiro atoms. The maximum atomic E-state index is 10.7. The summed E-state index contributed by atoms with van der Waals surface area (Å²) in [5.74, 6) is -0.699. The van der Waals surface area contributed by atoms with Gasteiger partial charge >= 0.3 is 5.97 Å². The Bertz CT molecular complexity index is 418. The largest absolute Gasteiger partial charge is 0.478 e. The summed E-state index contributed by atoms with van der Waals surface area (Å²) >= 11 is 0. The molecular formula is C6H5N5O2. The summed E-state index contributed by atoms with van der Waals surface area (Å²) in [4.78, 5) is 14.5. The highest BCUT2D eigenvalue weighted by atomic mass is 16.4. The Morgan fingerprint density at radius 3 is 2.85 bits per heavy atom. The monoisotopic (exact) mass is 179 g/mol. The zero-order chi connectivity index (χ0) is 9.26. The Labute approximate surface area is 71.8 Å². The summed E-state index contributed by atoms with van der Waals surface area (Å²) in [6.45, 7) is 0. The molecule has 0 fully saturated rings. The van der Waals surface area contributed by atoms with Crippen molar-refractivity contribution in [2.75, 3.05) is 0 Å². The minimum atomic E-state index is -1.06. The number of nitrogens with zero attached hydrogens (tertiary/aromatic N) is 3. The van der Waals surface area contributed by atoms with Crippen LogP contribution in [0.5, 0.6) is 0 Å². The fourth-order valence-electron chi connectivity index (χ4n) is 0.955. The fraction of sp³-hybridized carbons (Fsp3) is 0. The summed E-state index contributed by atoms with van der Waals surface area (Å²) in [7, 11) is 0. The van der Waals surface area contributed by atoms with Crippen molar-refractivity contribution in [1.29, 1.82) is 0 Å². The number of aromatic amines is 2. The highest BCUT2D eigenvalue weighted by molar-refractivity contribution is 5.93. The van der Waals surface area contributed by atoms with Crippen LogP contribution in [0.4, 0.5) is 0 Å². The van der Waals surface area contributed by atoms with Crippen LogP contribution < -0.4 is 0 Å². The predicted molar refractivity (Wildman–Crippen MR) is 40.9 cm³/mol. The minimum absolute atomic E-state index is 0.0664. The summed E-state index contributed by atoms with van der Waals surface area (Å²) in [6.07, 6.45) is 2.52. The van der Waals surface area contributed by atoms with Crippen molar-refractivity contribution >= 4 is 5.97 Å². The van der Waals surface area contributed by atoms with Crippen LogP contribution in [0, 0.1) is 0 Å². The molecule has 0 aliphatic rings. The van der Waals surface area contributed by atoms with Crippen LogP contribution in [-0.2, 0) is 0 Å². The van der Waals surface area contributed by atoms with E-state index in [9.17, 15) is 4.79 Å². The van der Waals surface area contributed by atoms with E-state index in [-0.39, 0.29) is 5.56 Å². The van der Waals surface area contributed by atoms with E-state index in [0.717, 1.165) is 0 Å². The SMILES string of the molecule is O=C(O)c1cn[nH]c1-c1ncn[nH]1. The van der Waals surface area contributed by atoms with Gasteiger partial charge in [0.15, 0.2) is 5.82 Å². The standard InChI is InChI=1S/C6H5N5O2/c12-6(13)3-1-8-10-4(3)5-7-2-9-11-5/h1-2H,(H,8,10)(H,12,13)(H,7,9,11). The molecule has 3 N–H and O–H groups in total. The Morgan fingerprint density at radius 1 is 1.38 bits per heavy atom. The quantitative estimate of drug-likeness (QED) is 0.596. The van der Waals surface area contributed by atoms with E-state index >= 15 is 0 Å². The van der Waals surface area contributed by atoms with E-state index in [1.165, 1.54) is 12.5 Å². The van der Waals surface area contributed by atoms with Crippen LogP contribution in [0.3, 0.4) is 0 Å². The van der Waals surface area contributed by atoms with Crippen molar-refractivity contribution in [1.82, 2.24) is 25.4 Å². The molecule has 0 saturated heterocycles. The predicted octanol–water partition coefficient (Wildman–Crippen LogP) is -0.107. The van der Waals surface area contributed by atoms with Crippen molar-refractivity contribution in [3.05, 3.63) is 18.1 Å². The third-order valence-electron chi connectivity index (χ3n) is 1.52. The molecule has 0 bridgehead atoms. The van der Waals surface area contributed by atoms with Gasteiger partial charge in [0.2, 0.25) is 0 Å². The lowest BCUT2D eigenvalue weighted by atomic mass is 10.2. The molecule has 2 aromatic heterocycles. The molecule has 0 aromatic carbocycles. The van der Waals surface area contributed by atoms with Crippen molar-refractivity contribution in [2.24, 2.45) is 0 Å². The summed E-state index contributed by atoms with van der Waals surface area (Å²) < 4.78 is 0. The average Bonchev–Trinajstić information content (AvgIpc) is 2.74. The smallest absolute Gasteiger partial charge is 0.339 e. The first kappa shape index (κ1) is 7.47. The molecule has 0 aliphatic heterocycles. The van der Waals surface area contributed by atoms with Gasteiger partial charge in [0, 0.05) is 0 Å². The van der Waals surface area contributed by atoms with Crippen LogP contribution in [0.2, 0.25) is 0 Å². The Hall–Kier alpha value is -2.18. The molecule has 0 unspecified atom stereocenters. The van der Waals surface area contributed by atoms with Gasteiger partial charge in [-0.2, -0.15) is 10.2 Å². The maximum absolute atomic E-state index is 10.7. The number of hydrogen-bond donors (Lipinski definition) is 3. The third kappa shape index (κ3) is 1.15. The van der Waals surface area contributed by atoms with Crippen molar-refractivity contribution in [2.45, 2.75) is 0 Å². The van der Waals surface area contributed by atoms with E-state index in [1.54, 1.807) is 0 Å². The number of hydrogen-bond acceptors (Lipinski definition) is 4. The molecular weight excluding hydrogens is 174 g/mol. The second-order valence-corrected chi connectivity index (χ2v) is 2.30. The highest BCUT2D eigenvalue weighted by Crippen LogP contribution is 2.15. The number of carboxylic acid groups (broad SMARTS) is 1. The number of aromatic carboxylic acids is 1. The third-order valence-corrected chi connectivity index (χ3v) is 1.52. The lowest BCUT2D eigenvalue weighted by Crippen LogP contribution is -1.97. The highest BCUT2D eigenvalue weighted by Gasteiger charge is 2.15. The zero-order valence-electron chi connectivity index (χ0n) is 6.35. The van der Waals surface area contributed by atoms with Crippen LogP contribution in [-0.4, -0.2) is 36.5 Å². The molecule has 0 saturated carbocycles. The van der Waals surface area contributed by atoms with E-state index < -0.39 is 5.97 Å². The number of nitrogens with one attached hydrogen (secondary N) is 2. The number of carbonyl (C=O) groups is 1. The van der Waals surface area contributed by atoms with Crippen LogP contribution in [0.25, 0.3) is 11.5 Å². The number of aromatic nitrogens is 5. The van der Waals surface area contributed by atoms with Crippen LogP contribution >= 0.6 is 0 Å². The lowest BCUT2D eigenvalue weighted by Gasteiger charge is -1.91. The Kier molecular flexibility index (Phi) is 1.55. The molecule has 7 nitrogen and oxygen atoms in total. The van der Waals surface area contributed by atoms with Gasteiger partial charge in [0.1, 0.15) is 17.6 Å². The first-order valence-electron chi connectivity index (χ1n) is 3.41. The fourth-order valence-corrected chi connectivity index (χ4v) is 0.955. The Morgan fingerprint density at radius 2 is 2.23 bits per heavy atom. The second kappa shape index (κ2) is 2.70. The normalized spacial score (nSPS) is 10.2. The zero-order valence-corrected chi connectivity index (χ0v) is 6.35. The molecule has 2 heterocycles. The van der Waals surface area contributed by atoms with Gasteiger partial charge < -0.3 is 5.11 Å². The first-order chi connectivity index (χ1) is 6.29. The summed E-state index contributed by atoms with van der Waals surface area (Å²) in [5, 5.41) is 21.0. The average molecular weight is 179 g/mol. The second-order valence-electron chi connectivity index (χ2n) is 2.30. The van der Waals surface area contributed by atoms with Crippen molar-refractivity contribution < 1.29 is 9.90 Å². The van der Waals surface area contributed by atoms with Gasteiger partial charge in [0.05, 0.1) is 6.20 Å². The van der Waals surface area contributed by atoms with E-state index in [1.807, 2.05) is 0 Å². The number of rotatable bonds is 2. The molecule has 0 atom stereocenters. The molecule has 0 aliphatic carbocycles. The lowest BCUT2D eigenvalue weighted by molar-refractivity contribution is 0.0697. The van der Waals surface area contributed by atoms with Crippen LogP contribution in [0.1, 0.15) is 10.4 Å². The van der Waals surface area contributed by atoms with Gasteiger partial charge in [-0.3, -0.25) is 10.2 Å². The number of H-pyrrole nitrogens is 2. The summed E-state index contributed by atoms with van der Waals surface area (Å²) in [6, 6.07) is 0. The minimum Gasteiger partial charge on any atom is -0.478 e. The maximum Gasteiger partial charge on any atom is 0.339 e. The molecule has 13 heavy (non-hydrogen) atoms. The van der Waals surface area contributed by atoms with E-state index in [4.69, 9.17) is 5.11 Å². The van der Waals surface area contributed by atoms with Gasteiger partial charge in [-0.05, 0) is 0 Å². The van der Waals surface area contributed by atoms with E-state index in [0.29, 0.717) is 11.5 Å². The van der Waals surface area contributed by atoms with Gasteiger partial charge in [0.25, 0.3) is 0 Å². The molecule has 66 valence electrons. The topological polar surface area (TPSA) is 108 Å².